The van der Waals surface area contributed by atoms with Crippen LogP contribution in [0.1, 0.15) is 85.9 Å². The molecule has 0 fully saturated rings. The molecule has 6 heteroatoms. The predicted octanol–water partition coefficient (Wildman–Crippen LogP) is 7.17. The Morgan fingerprint density at radius 1 is 0.906 bits per heavy atom. The topological polar surface area (TPSA) is 72.8 Å². The number of allylic oxidation sites excluding steroid dienone is 3. The van der Waals surface area contributed by atoms with Crippen molar-refractivity contribution in [3.8, 4) is 5.75 Å². The van der Waals surface area contributed by atoms with Gasteiger partial charge >= 0.3 is 7.60 Å². The minimum absolute atomic E-state index is 0.199. The van der Waals surface area contributed by atoms with E-state index in [1.807, 2.05) is 18.2 Å². The number of aromatic hydroxyl groups is 1. The zero-order valence-corrected chi connectivity index (χ0v) is 22.3. The lowest BCUT2D eigenvalue weighted by molar-refractivity contribution is -0.116. The highest BCUT2D eigenvalue weighted by Crippen LogP contribution is 2.60. The number of benzene rings is 1. The molecule has 1 rings (SSSR count). The van der Waals surface area contributed by atoms with Gasteiger partial charge in [-0.05, 0) is 62.3 Å². The van der Waals surface area contributed by atoms with E-state index in [1.165, 1.54) is 6.08 Å². The summed E-state index contributed by atoms with van der Waals surface area (Å²) in [7, 11) is -3.59. The van der Waals surface area contributed by atoms with Crippen molar-refractivity contribution in [2.75, 3.05) is 13.2 Å². The van der Waals surface area contributed by atoms with Crippen LogP contribution in [0.4, 0.5) is 0 Å². The zero-order chi connectivity index (χ0) is 25.0. The van der Waals surface area contributed by atoms with Crippen LogP contribution in [-0.4, -0.2) is 29.3 Å². The number of hydrogen-bond acceptors (Lipinski definition) is 5. The van der Waals surface area contributed by atoms with Crippen molar-refractivity contribution < 1.29 is 23.5 Å². The molecule has 0 spiro atoms. The van der Waals surface area contributed by atoms with Gasteiger partial charge in [0.1, 0.15) is 10.9 Å². The molecule has 0 aliphatic rings. The van der Waals surface area contributed by atoms with Gasteiger partial charge in [0, 0.05) is 11.1 Å². The summed E-state index contributed by atoms with van der Waals surface area (Å²) in [5, 5.41) is 9.56. The molecule has 1 aromatic rings. The average Bonchev–Trinajstić information content (AvgIpc) is 2.64. The Bertz CT molecular complexity index is 866. The van der Waals surface area contributed by atoms with Gasteiger partial charge in [-0.15, -0.1) is 0 Å². The fourth-order valence-electron chi connectivity index (χ4n) is 3.24. The summed E-state index contributed by atoms with van der Waals surface area (Å²) in [5.41, 5.74) is 2.25. The molecule has 0 unspecified atom stereocenters. The van der Waals surface area contributed by atoms with Gasteiger partial charge in [-0.1, -0.05) is 59.8 Å². The molecule has 0 heterocycles. The first-order chi connectivity index (χ1) is 14.5. The molecule has 1 N–H and O–H groups in total. The number of hydrogen-bond donors (Lipinski definition) is 1. The van der Waals surface area contributed by atoms with Crippen LogP contribution < -0.4 is 0 Å². The Labute approximate surface area is 194 Å². The van der Waals surface area contributed by atoms with Crippen molar-refractivity contribution in [3.63, 3.8) is 0 Å². The van der Waals surface area contributed by atoms with Gasteiger partial charge in [0.15, 0.2) is 5.78 Å². The second-order valence-corrected chi connectivity index (χ2v) is 13.1. The van der Waals surface area contributed by atoms with E-state index >= 15 is 0 Å². The Kier molecular flexibility index (Phi) is 9.30. The number of ketones is 1. The maximum atomic E-state index is 13.1. The van der Waals surface area contributed by atoms with Gasteiger partial charge in [0.05, 0.1) is 13.2 Å². The first kappa shape index (κ1) is 28.4. The SMILES string of the molecule is CCOP(=O)(OCC)C(C)(C)C(=O)/C=C/C=C/c1cc(C(C)(C)C)c(O)c(C(C)(C)C)c1. The molecule has 0 radical (unpaired) electrons. The van der Waals surface area contributed by atoms with E-state index in [4.69, 9.17) is 9.05 Å². The van der Waals surface area contributed by atoms with Gasteiger partial charge in [-0.3, -0.25) is 9.36 Å². The summed E-state index contributed by atoms with van der Waals surface area (Å²) in [4.78, 5) is 12.8. The first-order valence-corrected chi connectivity index (χ1v) is 12.7. The van der Waals surface area contributed by atoms with E-state index in [0.29, 0.717) is 5.75 Å². The number of carbonyl (C=O) groups excluding carboxylic acids is 1. The highest BCUT2D eigenvalue weighted by molar-refractivity contribution is 7.56. The Balaban J connectivity index is 3.24. The molecule has 0 saturated carbocycles. The third-order valence-corrected chi connectivity index (χ3v) is 8.07. The highest BCUT2D eigenvalue weighted by Gasteiger charge is 2.47. The highest BCUT2D eigenvalue weighted by atomic mass is 31.2. The third kappa shape index (κ3) is 6.66. The van der Waals surface area contributed by atoms with Crippen LogP contribution in [0, 0.1) is 0 Å². The molecule has 32 heavy (non-hydrogen) atoms. The fourth-order valence-corrected chi connectivity index (χ4v) is 4.99. The molecular weight excluding hydrogens is 423 g/mol. The Morgan fingerprint density at radius 2 is 1.34 bits per heavy atom. The number of carbonyl (C=O) groups is 1. The van der Waals surface area contributed by atoms with Crippen molar-refractivity contribution in [1.29, 1.82) is 0 Å². The lowest BCUT2D eigenvalue weighted by atomic mass is 9.78. The van der Waals surface area contributed by atoms with E-state index in [1.54, 1.807) is 39.8 Å². The molecule has 0 aliphatic carbocycles. The molecule has 5 nitrogen and oxygen atoms in total. The maximum Gasteiger partial charge on any atom is 0.343 e. The zero-order valence-electron chi connectivity index (χ0n) is 21.4. The van der Waals surface area contributed by atoms with Gasteiger partial charge in [0.25, 0.3) is 0 Å². The van der Waals surface area contributed by atoms with Crippen molar-refractivity contribution in [2.24, 2.45) is 0 Å². The quantitative estimate of drug-likeness (QED) is 0.238. The van der Waals surface area contributed by atoms with Gasteiger partial charge in [-0.25, -0.2) is 0 Å². The van der Waals surface area contributed by atoms with Crippen LogP contribution in [-0.2, 0) is 29.2 Å². The normalized spacial score (nSPS) is 13.9. The molecule has 0 atom stereocenters. The molecule has 0 saturated heterocycles. The molecule has 0 aromatic heterocycles. The van der Waals surface area contributed by atoms with Crippen LogP contribution >= 0.6 is 7.60 Å². The summed E-state index contributed by atoms with van der Waals surface area (Å²) >= 11 is 0. The standard InChI is InChI=1S/C26H41O5P/c1-11-30-32(29,31-12-2)26(9,10)22(27)16-14-13-15-19-17-20(24(3,4)5)23(28)21(18-19)25(6,7)8/h13-18,28H,11-12H2,1-10H3/b15-13+,16-14+. The molecular formula is C26H41O5P. The van der Waals surface area contributed by atoms with Crippen LogP contribution in [0.25, 0.3) is 6.08 Å². The van der Waals surface area contributed by atoms with Crippen molar-refractivity contribution >= 4 is 19.5 Å². The fraction of sp³-hybridized carbons (Fsp3) is 0.577. The summed E-state index contributed by atoms with van der Waals surface area (Å²) < 4.78 is 23.8. The lowest BCUT2D eigenvalue weighted by Crippen LogP contribution is -2.32. The second-order valence-electron chi connectivity index (χ2n) is 10.4. The van der Waals surface area contributed by atoms with Crippen LogP contribution in [0.3, 0.4) is 0 Å². The number of rotatable bonds is 9. The smallest absolute Gasteiger partial charge is 0.343 e. The maximum absolute atomic E-state index is 13.1. The van der Waals surface area contributed by atoms with E-state index in [9.17, 15) is 14.5 Å². The molecule has 180 valence electrons. The molecule has 0 amide bonds. The van der Waals surface area contributed by atoms with Crippen molar-refractivity contribution in [3.05, 3.63) is 47.1 Å². The van der Waals surface area contributed by atoms with Crippen molar-refractivity contribution in [1.82, 2.24) is 0 Å². The first-order valence-electron chi connectivity index (χ1n) is 11.2. The van der Waals surface area contributed by atoms with E-state index in [2.05, 4.69) is 41.5 Å². The monoisotopic (exact) mass is 464 g/mol. The molecule has 1 aromatic carbocycles. The minimum atomic E-state index is -3.59. The third-order valence-electron chi connectivity index (χ3n) is 5.28. The Hall–Kier alpha value is -1.68. The summed E-state index contributed by atoms with van der Waals surface area (Å²) in [6, 6.07) is 3.94. The molecule has 0 bridgehead atoms. The van der Waals surface area contributed by atoms with E-state index in [0.717, 1.165) is 16.7 Å². The summed E-state index contributed by atoms with van der Waals surface area (Å²) in [6.07, 6.45) is 6.69. The van der Waals surface area contributed by atoms with Gasteiger partial charge < -0.3 is 14.2 Å². The average molecular weight is 465 g/mol. The number of phenolic OH excluding ortho intramolecular Hbond substituents is 1. The van der Waals surface area contributed by atoms with Crippen LogP contribution in [0.5, 0.6) is 5.75 Å². The largest absolute Gasteiger partial charge is 0.507 e. The minimum Gasteiger partial charge on any atom is -0.507 e. The van der Waals surface area contributed by atoms with Crippen molar-refractivity contribution in [2.45, 2.75) is 85.2 Å². The van der Waals surface area contributed by atoms with Gasteiger partial charge in [-0.2, -0.15) is 0 Å². The van der Waals surface area contributed by atoms with Gasteiger partial charge in [0.2, 0.25) is 0 Å². The number of phenols is 1. The van der Waals surface area contributed by atoms with E-state index in [-0.39, 0.29) is 29.8 Å². The van der Waals surface area contributed by atoms with Crippen LogP contribution in [0.2, 0.25) is 0 Å². The summed E-state index contributed by atoms with van der Waals surface area (Å²) in [6.45, 7) is 19.4. The second kappa shape index (κ2) is 10.5. The predicted molar refractivity (Wildman–Crippen MR) is 134 cm³/mol. The summed E-state index contributed by atoms with van der Waals surface area (Å²) in [5.74, 6) is 0.000992. The van der Waals surface area contributed by atoms with E-state index < -0.39 is 12.8 Å². The Morgan fingerprint density at radius 3 is 1.72 bits per heavy atom. The molecule has 0 aliphatic heterocycles. The lowest BCUT2D eigenvalue weighted by Gasteiger charge is -2.30. The van der Waals surface area contributed by atoms with Crippen LogP contribution in [0.15, 0.2) is 30.4 Å².